The topological polar surface area (TPSA) is 96.5 Å². The van der Waals surface area contributed by atoms with Gasteiger partial charge in [0.2, 0.25) is 10.0 Å². The van der Waals surface area contributed by atoms with Gasteiger partial charge < -0.3 is 15.4 Å². The highest BCUT2D eigenvalue weighted by Crippen LogP contribution is 2.30. The van der Waals surface area contributed by atoms with Crippen molar-refractivity contribution < 1.29 is 17.9 Å². The zero-order chi connectivity index (χ0) is 16.4. The average Bonchev–Trinajstić information content (AvgIpc) is 3.40. The van der Waals surface area contributed by atoms with Gasteiger partial charge in [-0.15, -0.1) is 0 Å². The fraction of sp³-hybridized carbons (Fsp3) is 0.533. The maximum Gasteiger partial charge on any atom is 0.319 e. The molecule has 1 aromatic rings. The largest absolute Gasteiger partial charge is 0.495 e. The lowest BCUT2D eigenvalue weighted by molar-refractivity contribution is 0.251. The molecule has 0 heterocycles. The van der Waals surface area contributed by atoms with Crippen molar-refractivity contribution in [3.05, 3.63) is 18.2 Å². The first-order valence-corrected chi connectivity index (χ1v) is 9.21. The Morgan fingerprint density at radius 2 is 2.00 bits per heavy atom. The highest BCUT2D eigenvalue weighted by atomic mass is 32.2. The number of amides is 2. The van der Waals surface area contributed by atoms with Crippen LogP contribution in [0.3, 0.4) is 0 Å². The highest BCUT2D eigenvalue weighted by Gasteiger charge is 2.30. The number of anilines is 1. The monoisotopic (exact) mass is 339 g/mol. The van der Waals surface area contributed by atoms with Crippen molar-refractivity contribution in [3.8, 4) is 5.75 Å². The van der Waals surface area contributed by atoms with E-state index in [1.165, 1.54) is 19.2 Å². The number of methoxy groups -OCH3 is 1. The number of sulfonamides is 1. The number of urea groups is 1. The van der Waals surface area contributed by atoms with Crippen LogP contribution in [0.5, 0.6) is 5.75 Å². The normalized spacial score (nSPS) is 17.6. The van der Waals surface area contributed by atoms with Gasteiger partial charge in [-0.05, 0) is 49.8 Å². The third-order valence-electron chi connectivity index (χ3n) is 3.86. The van der Waals surface area contributed by atoms with Gasteiger partial charge in [-0.2, -0.15) is 0 Å². The van der Waals surface area contributed by atoms with Crippen molar-refractivity contribution in [1.29, 1.82) is 0 Å². The second-order valence-electron chi connectivity index (χ2n) is 6.04. The van der Waals surface area contributed by atoms with Gasteiger partial charge in [-0.1, -0.05) is 0 Å². The van der Waals surface area contributed by atoms with Gasteiger partial charge in [-0.3, -0.25) is 0 Å². The molecule has 3 N–H and O–H groups in total. The molecular formula is C15H21N3O4S. The Morgan fingerprint density at radius 1 is 1.26 bits per heavy atom. The third kappa shape index (κ3) is 4.35. The van der Waals surface area contributed by atoms with E-state index in [1.54, 1.807) is 6.07 Å². The Bertz CT molecular complexity index is 697. The summed E-state index contributed by atoms with van der Waals surface area (Å²) in [5.74, 6) is 0.831. The van der Waals surface area contributed by atoms with E-state index < -0.39 is 10.0 Å². The summed E-state index contributed by atoms with van der Waals surface area (Å²) < 4.78 is 32.6. The fourth-order valence-electron chi connectivity index (χ4n) is 2.18. The first kappa shape index (κ1) is 16.1. The second-order valence-corrected chi connectivity index (χ2v) is 7.72. The molecule has 0 spiro atoms. The zero-order valence-corrected chi connectivity index (χ0v) is 13.8. The summed E-state index contributed by atoms with van der Waals surface area (Å²) in [5, 5.41) is 5.44. The van der Waals surface area contributed by atoms with Crippen molar-refractivity contribution in [1.82, 2.24) is 10.0 Å². The summed E-state index contributed by atoms with van der Waals surface area (Å²) in [6.07, 6.45) is 4.00. The number of benzene rings is 1. The van der Waals surface area contributed by atoms with E-state index in [4.69, 9.17) is 4.74 Å². The summed E-state index contributed by atoms with van der Waals surface area (Å²) in [7, 11) is -2.24. The fourth-order valence-corrected chi connectivity index (χ4v) is 3.68. The van der Waals surface area contributed by atoms with Crippen LogP contribution in [-0.2, 0) is 10.0 Å². The number of hydrogen-bond donors (Lipinski definition) is 3. The van der Waals surface area contributed by atoms with E-state index >= 15 is 0 Å². The predicted octanol–water partition coefficient (Wildman–Crippen LogP) is 1.67. The van der Waals surface area contributed by atoms with Gasteiger partial charge in [0.15, 0.2) is 0 Å². The van der Waals surface area contributed by atoms with Crippen LogP contribution >= 0.6 is 0 Å². The van der Waals surface area contributed by atoms with Crippen LogP contribution in [0.2, 0.25) is 0 Å². The van der Waals surface area contributed by atoms with Crippen LogP contribution in [0.25, 0.3) is 0 Å². The molecule has 0 aromatic heterocycles. The van der Waals surface area contributed by atoms with Gasteiger partial charge in [0.1, 0.15) is 10.6 Å². The Labute approximate surface area is 135 Å². The number of carbonyl (C=O) groups excluding carboxylic acids is 1. The first-order valence-electron chi connectivity index (χ1n) is 7.73. The molecule has 2 saturated carbocycles. The maximum absolute atomic E-state index is 12.4. The maximum atomic E-state index is 12.4. The molecule has 0 bridgehead atoms. The highest BCUT2D eigenvalue weighted by molar-refractivity contribution is 7.89. The van der Waals surface area contributed by atoms with Crippen molar-refractivity contribution in [2.45, 2.75) is 36.6 Å². The van der Waals surface area contributed by atoms with Gasteiger partial charge >= 0.3 is 6.03 Å². The van der Waals surface area contributed by atoms with Crippen LogP contribution < -0.4 is 20.1 Å². The number of ether oxygens (including phenoxy) is 1. The summed E-state index contributed by atoms with van der Waals surface area (Å²) in [6.45, 7) is 0.649. The lowest BCUT2D eigenvalue weighted by atomic mass is 10.3. The van der Waals surface area contributed by atoms with Gasteiger partial charge in [-0.25, -0.2) is 17.9 Å². The van der Waals surface area contributed by atoms with Crippen LogP contribution in [0.1, 0.15) is 25.7 Å². The first-order chi connectivity index (χ1) is 11.0. The molecule has 0 saturated heterocycles. The Morgan fingerprint density at radius 3 is 2.61 bits per heavy atom. The lowest BCUT2D eigenvalue weighted by Crippen LogP contribution is -2.30. The molecule has 0 atom stereocenters. The molecule has 0 unspecified atom stereocenters. The molecule has 1 aromatic carbocycles. The minimum absolute atomic E-state index is 0.00293. The summed E-state index contributed by atoms with van der Waals surface area (Å²) in [6, 6.07) is 4.24. The molecule has 2 aliphatic rings. The van der Waals surface area contributed by atoms with Gasteiger partial charge in [0.05, 0.1) is 7.11 Å². The molecule has 8 heteroatoms. The molecule has 3 rings (SSSR count). The molecule has 2 aliphatic carbocycles. The molecule has 126 valence electrons. The Hall–Kier alpha value is -1.80. The Balaban J connectivity index is 1.73. The van der Waals surface area contributed by atoms with Crippen LogP contribution in [0, 0.1) is 5.92 Å². The molecule has 7 nitrogen and oxygen atoms in total. The van der Waals surface area contributed by atoms with Crippen molar-refractivity contribution in [2.75, 3.05) is 19.0 Å². The summed E-state index contributed by atoms with van der Waals surface area (Å²) in [4.78, 5) is 11.9. The van der Waals surface area contributed by atoms with E-state index in [-0.39, 0.29) is 22.7 Å². The predicted molar refractivity (Wildman–Crippen MR) is 86.1 cm³/mol. The average molecular weight is 339 g/mol. The molecule has 0 aliphatic heterocycles. The minimum atomic E-state index is -3.66. The van der Waals surface area contributed by atoms with Crippen molar-refractivity contribution >= 4 is 21.7 Å². The van der Waals surface area contributed by atoms with Crippen LogP contribution in [-0.4, -0.2) is 34.1 Å². The van der Waals surface area contributed by atoms with Crippen LogP contribution in [0.4, 0.5) is 10.5 Å². The number of rotatable bonds is 7. The number of carbonyl (C=O) groups is 1. The molecule has 23 heavy (non-hydrogen) atoms. The quantitative estimate of drug-likeness (QED) is 0.704. The Kier molecular flexibility index (Phi) is 4.45. The zero-order valence-electron chi connectivity index (χ0n) is 13.0. The SMILES string of the molecule is COc1ccc(NC(=O)NCC2CC2)cc1S(=O)(=O)NC1CC1. The smallest absolute Gasteiger partial charge is 0.319 e. The van der Waals surface area contributed by atoms with E-state index in [0.29, 0.717) is 18.2 Å². The summed E-state index contributed by atoms with van der Waals surface area (Å²) in [5.41, 5.74) is 0.412. The molecular weight excluding hydrogens is 318 g/mol. The second kappa shape index (κ2) is 6.37. The van der Waals surface area contributed by atoms with E-state index in [0.717, 1.165) is 25.7 Å². The summed E-state index contributed by atoms with van der Waals surface area (Å²) >= 11 is 0. The number of hydrogen-bond acceptors (Lipinski definition) is 4. The van der Waals surface area contributed by atoms with Crippen molar-refractivity contribution in [3.63, 3.8) is 0 Å². The standard InChI is InChI=1S/C15H21N3O4S/c1-22-13-7-6-12(17-15(19)16-9-10-2-3-10)8-14(13)23(20,21)18-11-4-5-11/h6-8,10-11,18H,2-5,9H2,1H3,(H2,16,17,19). The van der Waals surface area contributed by atoms with E-state index in [9.17, 15) is 13.2 Å². The van der Waals surface area contributed by atoms with Gasteiger partial charge in [0.25, 0.3) is 0 Å². The van der Waals surface area contributed by atoms with E-state index in [2.05, 4.69) is 15.4 Å². The molecule has 2 amide bonds. The minimum Gasteiger partial charge on any atom is -0.495 e. The third-order valence-corrected chi connectivity index (χ3v) is 5.40. The molecule has 0 radical (unpaired) electrons. The lowest BCUT2D eigenvalue weighted by Gasteiger charge is -2.13. The van der Waals surface area contributed by atoms with Crippen molar-refractivity contribution in [2.24, 2.45) is 5.92 Å². The van der Waals surface area contributed by atoms with Crippen LogP contribution in [0.15, 0.2) is 23.1 Å². The van der Waals surface area contributed by atoms with E-state index in [1.807, 2.05) is 0 Å². The molecule has 2 fully saturated rings. The number of nitrogens with one attached hydrogen (secondary N) is 3. The van der Waals surface area contributed by atoms with Gasteiger partial charge in [0, 0.05) is 18.3 Å².